The average molecular weight is 378 g/mol. The van der Waals surface area contributed by atoms with Crippen molar-refractivity contribution >= 4 is 40.0 Å². The van der Waals surface area contributed by atoms with Crippen LogP contribution in [0.3, 0.4) is 0 Å². The van der Waals surface area contributed by atoms with Crippen molar-refractivity contribution in [3.8, 4) is 0 Å². The highest BCUT2D eigenvalue weighted by atomic mass is 32.1. The third kappa shape index (κ3) is 3.83. The molecule has 6 nitrogen and oxygen atoms in total. The lowest BCUT2D eigenvalue weighted by Crippen LogP contribution is -2.05. The number of nitrogens with zero attached hydrogens (tertiary/aromatic N) is 3. The van der Waals surface area contributed by atoms with Gasteiger partial charge in [-0.25, -0.2) is 9.78 Å². The van der Waals surface area contributed by atoms with Gasteiger partial charge in [0, 0.05) is 30.0 Å². The highest BCUT2D eigenvalue weighted by Gasteiger charge is 2.08. The van der Waals surface area contributed by atoms with E-state index in [-0.39, 0.29) is 5.97 Å². The zero-order valence-electron chi connectivity index (χ0n) is 14.8. The van der Waals surface area contributed by atoms with Crippen LogP contribution in [0, 0.1) is 0 Å². The van der Waals surface area contributed by atoms with Gasteiger partial charge in [-0.1, -0.05) is 0 Å². The zero-order chi connectivity index (χ0) is 18.6. The maximum Gasteiger partial charge on any atom is 0.338 e. The fraction of sp³-hybridized carbons (Fsp3) is 0.150. The average Bonchev–Trinajstić information content (AvgIpc) is 3.33. The number of rotatable bonds is 6. The smallest absolute Gasteiger partial charge is 0.338 e. The molecule has 0 fully saturated rings. The molecule has 0 aliphatic carbocycles. The molecule has 4 rings (SSSR count). The summed E-state index contributed by atoms with van der Waals surface area (Å²) in [6.45, 7) is 2.92. The molecule has 0 aliphatic heterocycles. The minimum atomic E-state index is -0.326. The Morgan fingerprint density at radius 2 is 2.07 bits per heavy atom. The van der Waals surface area contributed by atoms with Crippen LogP contribution in [0.2, 0.25) is 0 Å². The van der Waals surface area contributed by atoms with Crippen molar-refractivity contribution in [1.29, 1.82) is 0 Å². The Morgan fingerprint density at radius 3 is 2.81 bits per heavy atom. The Bertz CT molecular complexity index is 1060. The van der Waals surface area contributed by atoms with Crippen LogP contribution in [0.25, 0.3) is 11.0 Å². The summed E-state index contributed by atoms with van der Waals surface area (Å²) in [5, 5.41) is 8.39. The van der Waals surface area contributed by atoms with E-state index in [4.69, 9.17) is 4.74 Å². The largest absolute Gasteiger partial charge is 0.462 e. The summed E-state index contributed by atoms with van der Waals surface area (Å²) in [6.07, 6.45) is 3.83. The summed E-state index contributed by atoms with van der Waals surface area (Å²) in [5.41, 5.74) is 3.45. The highest BCUT2D eigenvalue weighted by Crippen LogP contribution is 2.20. The first-order valence-electron chi connectivity index (χ1n) is 8.60. The van der Waals surface area contributed by atoms with Crippen LogP contribution in [-0.4, -0.2) is 27.1 Å². The van der Waals surface area contributed by atoms with Crippen LogP contribution in [0.4, 0.5) is 11.6 Å². The van der Waals surface area contributed by atoms with Gasteiger partial charge >= 0.3 is 5.97 Å². The molecule has 0 spiro atoms. The predicted octanol–water partition coefficient (Wildman–Crippen LogP) is 4.46. The van der Waals surface area contributed by atoms with E-state index < -0.39 is 0 Å². The quantitative estimate of drug-likeness (QED) is 0.502. The second-order valence-corrected chi connectivity index (χ2v) is 6.75. The molecule has 0 saturated carbocycles. The summed E-state index contributed by atoms with van der Waals surface area (Å²) < 4.78 is 7.10. The Morgan fingerprint density at radius 1 is 1.22 bits per heavy atom. The Kier molecular flexibility index (Phi) is 4.84. The number of hydrogen-bond donors (Lipinski definition) is 1. The van der Waals surface area contributed by atoms with Crippen LogP contribution < -0.4 is 5.32 Å². The lowest BCUT2D eigenvalue weighted by Gasteiger charge is -2.08. The van der Waals surface area contributed by atoms with E-state index in [0.717, 1.165) is 23.3 Å². The molecule has 4 aromatic rings. The molecule has 0 saturated heterocycles. The summed E-state index contributed by atoms with van der Waals surface area (Å²) in [4.78, 5) is 20.8. The first-order valence-corrected chi connectivity index (χ1v) is 9.54. The SMILES string of the molecule is CCOC(=O)c1ccc(Nc2ncc3ccn(Cc4ccsc4)c3n2)cc1. The lowest BCUT2D eigenvalue weighted by molar-refractivity contribution is 0.0526. The Labute approximate surface area is 160 Å². The van der Waals surface area contributed by atoms with Gasteiger partial charge in [0.2, 0.25) is 5.95 Å². The zero-order valence-corrected chi connectivity index (χ0v) is 15.6. The van der Waals surface area contributed by atoms with E-state index in [9.17, 15) is 4.79 Å². The standard InChI is InChI=1S/C20H18N4O2S/c1-2-26-19(25)15-3-5-17(6-4-15)22-20-21-11-16-7-9-24(18(16)23-20)12-14-8-10-27-13-14/h3-11,13H,2,12H2,1H3,(H,21,22,23). The van der Waals surface area contributed by atoms with E-state index in [1.807, 2.05) is 30.6 Å². The molecule has 0 bridgehead atoms. The first kappa shape index (κ1) is 17.2. The molecule has 3 heterocycles. The predicted molar refractivity (Wildman–Crippen MR) is 107 cm³/mol. The third-order valence-electron chi connectivity index (χ3n) is 4.09. The minimum Gasteiger partial charge on any atom is -0.462 e. The number of nitrogens with one attached hydrogen (secondary N) is 1. The number of aromatic nitrogens is 3. The van der Waals surface area contributed by atoms with E-state index in [1.54, 1.807) is 30.4 Å². The summed E-state index contributed by atoms with van der Waals surface area (Å²) in [6, 6.07) is 11.2. The van der Waals surface area contributed by atoms with Gasteiger partial charge in [0.1, 0.15) is 5.65 Å². The van der Waals surface area contributed by atoms with Crippen LogP contribution in [0.15, 0.2) is 59.6 Å². The number of esters is 1. The van der Waals surface area contributed by atoms with E-state index in [2.05, 4.69) is 36.7 Å². The van der Waals surface area contributed by atoms with Crippen LogP contribution in [0.5, 0.6) is 0 Å². The number of thiophene rings is 1. The van der Waals surface area contributed by atoms with Gasteiger partial charge in [-0.15, -0.1) is 0 Å². The Balaban J connectivity index is 1.54. The minimum absolute atomic E-state index is 0.326. The number of benzene rings is 1. The molecule has 3 aromatic heterocycles. The highest BCUT2D eigenvalue weighted by molar-refractivity contribution is 7.07. The summed E-state index contributed by atoms with van der Waals surface area (Å²) >= 11 is 1.69. The molecule has 0 radical (unpaired) electrons. The maximum absolute atomic E-state index is 11.7. The molecule has 1 N–H and O–H groups in total. The molecule has 27 heavy (non-hydrogen) atoms. The summed E-state index contributed by atoms with van der Waals surface area (Å²) in [7, 11) is 0. The number of anilines is 2. The molecule has 136 valence electrons. The molecule has 0 aliphatic rings. The number of carbonyl (C=O) groups excluding carboxylic acids is 1. The van der Waals surface area contributed by atoms with Gasteiger partial charge in [-0.2, -0.15) is 16.3 Å². The van der Waals surface area contributed by atoms with Crippen molar-refractivity contribution in [2.45, 2.75) is 13.5 Å². The van der Waals surface area contributed by atoms with E-state index in [1.165, 1.54) is 5.56 Å². The van der Waals surface area contributed by atoms with Gasteiger partial charge in [0.25, 0.3) is 0 Å². The Hall–Kier alpha value is -3.19. The van der Waals surface area contributed by atoms with Crippen molar-refractivity contribution in [1.82, 2.24) is 14.5 Å². The summed E-state index contributed by atoms with van der Waals surface area (Å²) in [5.74, 6) is 0.185. The fourth-order valence-electron chi connectivity index (χ4n) is 2.77. The van der Waals surface area contributed by atoms with Gasteiger partial charge in [0.15, 0.2) is 0 Å². The molecule has 7 heteroatoms. The van der Waals surface area contributed by atoms with Crippen molar-refractivity contribution in [2.24, 2.45) is 0 Å². The van der Waals surface area contributed by atoms with Gasteiger partial charge in [0.05, 0.1) is 12.2 Å². The molecule has 0 atom stereocenters. The number of hydrogen-bond acceptors (Lipinski definition) is 6. The van der Waals surface area contributed by atoms with Crippen molar-refractivity contribution in [3.63, 3.8) is 0 Å². The maximum atomic E-state index is 11.7. The molecule has 0 unspecified atom stereocenters. The van der Waals surface area contributed by atoms with Gasteiger partial charge in [-0.3, -0.25) is 0 Å². The molecular formula is C20H18N4O2S. The van der Waals surface area contributed by atoms with Crippen LogP contribution in [-0.2, 0) is 11.3 Å². The molecule has 1 aromatic carbocycles. The second-order valence-electron chi connectivity index (χ2n) is 5.97. The number of fused-ring (bicyclic) bond motifs is 1. The van der Waals surface area contributed by atoms with Crippen molar-refractivity contribution in [3.05, 3.63) is 70.7 Å². The lowest BCUT2D eigenvalue weighted by atomic mass is 10.2. The number of ether oxygens (including phenoxy) is 1. The molecule has 0 amide bonds. The van der Waals surface area contributed by atoms with E-state index in [0.29, 0.717) is 18.1 Å². The number of carbonyl (C=O) groups is 1. The third-order valence-corrected chi connectivity index (χ3v) is 4.82. The monoisotopic (exact) mass is 378 g/mol. The molecular weight excluding hydrogens is 360 g/mol. The van der Waals surface area contributed by atoms with Crippen molar-refractivity contribution in [2.75, 3.05) is 11.9 Å². The van der Waals surface area contributed by atoms with Crippen molar-refractivity contribution < 1.29 is 9.53 Å². The van der Waals surface area contributed by atoms with Gasteiger partial charge < -0.3 is 14.6 Å². The van der Waals surface area contributed by atoms with E-state index >= 15 is 0 Å². The van der Waals surface area contributed by atoms with Gasteiger partial charge in [-0.05, 0) is 59.6 Å². The topological polar surface area (TPSA) is 69.0 Å². The fourth-order valence-corrected chi connectivity index (χ4v) is 3.43. The second kappa shape index (κ2) is 7.59. The van der Waals surface area contributed by atoms with Crippen LogP contribution in [0.1, 0.15) is 22.8 Å². The normalized spacial score (nSPS) is 10.9. The first-order chi connectivity index (χ1) is 13.2. The van der Waals surface area contributed by atoms with Crippen LogP contribution >= 0.6 is 11.3 Å².